The molecule has 0 radical (unpaired) electrons. The second kappa shape index (κ2) is 5.44. The number of hydrogen-bond donors (Lipinski definition) is 1. The average molecular weight is 275 g/mol. The van der Waals surface area contributed by atoms with Crippen molar-refractivity contribution in [1.82, 2.24) is 9.55 Å². The van der Waals surface area contributed by atoms with Crippen LogP contribution in [0.3, 0.4) is 0 Å². The first-order chi connectivity index (χ1) is 9.32. The van der Waals surface area contributed by atoms with Crippen LogP contribution in [0.2, 0.25) is 0 Å². The molecule has 1 unspecified atom stereocenters. The third-order valence-electron chi connectivity index (χ3n) is 3.33. The van der Waals surface area contributed by atoms with Gasteiger partial charge < -0.3 is 15.0 Å². The number of nitrogen functional groups attached to an aromatic ring is 1. The van der Waals surface area contributed by atoms with Crippen LogP contribution in [-0.2, 0) is 16.7 Å². The fourth-order valence-electron chi connectivity index (χ4n) is 2.50. The first-order valence-corrected chi connectivity index (χ1v) is 7.20. The average Bonchev–Trinajstić information content (AvgIpc) is 2.67. The number of nitrogens with zero attached hydrogens (tertiary/aromatic N) is 2. The zero-order chi connectivity index (χ0) is 14.9. The number of anilines is 1. The van der Waals surface area contributed by atoms with Gasteiger partial charge in [-0.3, -0.25) is 0 Å². The van der Waals surface area contributed by atoms with Crippen LogP contribution in [-0.4, -0.2) is 22.3 Å². The van der Waals surface area contributed by atoms with Crippen LogP contribution >= 0.6 is 0 Å². The summed E-state index contributed by atoms with van der Waals surface area (Å²) in [7, 11) is 0. The number of rotatable bonds is 4. The van der Waals surface area contributed by atoms with Crippen molar-refractivity contribution in [2.75, 3.05) is 12.3 Å². The van der Waals surface area contributed by atoms with Gasteiger partial charge in [0.1, 0.15) is 5.82 Å². The predicted octanol–water partition coefficient (Wildman–Crippen LogP) is 3.34. The van der Waals surface area contributed by atoms with E-state index in [1.807, 2.05) is 25.1 Å². The van der Waals surface area contributed by atoms with Gasteiger partial charge in [-0.2, -0.15) is 0 Å². The van der Waals surface area contributed by atoms with Gasteiger partial charge in [0.2, 0.25) is 0 Å². The third kappa shape index (κ3) is 2.96. The van der Waals surface area contributed by atoms with Gasteiger partial charge in [-0.1, -0.05) is 20.8 Å². The fraction of sp³-hybridized carbons (Fsp3) is 0.562. The molecule has 110 valence electrons. The molecule has 20 heavy (non-hydrogen) atoms. The van der Waals surface area contributed by atoms with Crippen LogP contribution in [0.25, 0.3) is 11.0 Å². The van der Waals surface area contributed by atoms with E-state index < -0.39 is 0 Å². The van der Waals surface area contributed by atoms with Crippen molar-refractivity contribution in [1.29, 1.82) is 0 Å². The number of ether oxygens (including phenoxy) is 1. The molecule has 0 bridgehead atoms. The summed E-state index contributed by atoms with van der Waals surface area (Å²) in [4.78, 5) is 4.79. The van der Waals surface area contributed by atoms with Crippen molar-refractivity contribution in [2.24, 2.45) is 0 Å². The molecular weight excluding hydrogens is 250 g/mol. The number of benzene rings is 1. The molecule has 0 aliphatic carbocycles. The second-order valence-electron chi connectivity index (χ2n) is 6.31. The topological polar surface area (TPSA) is 53.1 Å². The first kappa shape index (κ1) is 14.9. The van der Waals surface area contributed by atoms with Crippen molar-refractivity contribution in [3.8, 4) is 0 Å². The predicted molar refractivity (Wildman–Crippen MR) is 83.9 cm³/mol. The molecule has 0 saturated carbocycles. The smallest absolute Gasteiger partial charge is 0.115 e. The van der Waals surface area contributed by atoms with E-state index in [1.165, 1.54) is 0 Å². The standard InChI is InChI=1S/C16H25N3O/c1-6-20-11(2)10-19-14-8-7-12(17)9-13(14)18-15(19)16(3,4)5/h7-9,11H,6,10,17H2,1-5H3. The van der Waals surface area contributed by atoms with Crippen LogP contribution in [0.5, 0.6) is 0 Å². The highest BCUT2D eigenvalue weighted by molar-refractivity contribution is 5.79. The zero-order valence-electron chi connectivity index (χ0n) is 13.1. The van der Waals surface area contributed by atoms with Crippen molar-refractivity contribution < 1.29 is 4.74 Å². The highest BCUT2D eigenvalue weighted by atomic mass is 16.5. The molecule has 1 heterocycles. The summed E-state index contributed by atoms with van der Waals surface area (Å²) in [5.74, 6) is 1.07. The lowest BCUT2D eigenvalue weighted by Gasteiger charge is -2.22. The number of aromatic nitrogens is 2. The van der Waals surface area contributed by atoms with Crippen molar-refractivity contribution in [2.45, 2.75) is 52.7 Å². The van der Waals surface area contributed by atoms with Crippen molar-refractivity contribution >= 4 is 16.7 Å². The Morgan fingerprint density at radius 3 is 2.65 bits per heavy atom. The summed E-state index contributed by atoms with van der Waals surface area (Å²) in [6.07, 6.45) is 0.163. The molecule has 1 aromatic heterocycles. The van der Waals surface area contributed by atoms with E-state index in [1.54, 1.807) is 0 Å². The Labute approximate surface area is 120 Å². The molecule has 4 heteroatoms. The van der Waals surface area contributed by atoms with Gasteiger partial charge in [0.05, 0.1) is 23.7 Å². The number of hydrogen-bond acceptors (Lipinski definition) is 3. The lowest BCUT2D eigenvalue weighted by molar-refractivity contribution is 0.0637. The highest BCUT2D eigenvalue weighted by Crippen LogP contribution is 2.27. The van der Waals surface area contributed by atoms with E-state index in [0.717, 1.165) is 35.7 Å². The molecule has 2 rings (SSSR count). The van der Waals surface area contributed by atoms with Gasteiger partial charge in [0.25, 0.3) is 0 Å². The molecule has 4 nitrogen and oxygen atoms in total. The van der Waals surface area contributed by atoms with E-state index in [2.05, 4.69) is 32.3 Å². The minimum Gasteiger partial charge on any atom is -0.399 e. The van der Waals surface area contributed by atoms with Gasteiger partial charge in [0.15, 0.2) is 0 Å². The van der Waals surface area contributed by atoms with E-state index in [4.69, 9.17) is 15.5 Å². The quantitative estimate of drug-likeness (QED) is 0.871. The normalized spacial score (nSPS) is 13.8. The lowest BCUT2D eigenvalue weighted by atomic mass is 9.95. The summed E-state index contributed by atoms with van der Waals surface area (Å²) in [5.41, 5.74) is 8.68. The molecule has 0 fully saturated rings. The van der Waals surface area contributed by atoms with Crippen LogP contribution in [0.15, 0.2) is 18.2 Å². The second-order valence-corrected chi connectivity index (χ2v) is 6.31. The molecule has 0 saturated heterocycles. The van der Waals surface area contributed by atoms with Gasteiger partial charge in [0, 0.05) is 17.7 Å². The Bertz CT molecular complexity index is 596. The maximum atomic E-state index is 5.87. The third-order valence-corrected chi connectivity index (χ3v) is 3.33. The number of imidazole rings is 1. The molecule has 1 atom stereocenters. The van der Waals surface area contributed by atoms with E-state index in [0.29, 0.717) is 0 Å². The summed E-state index contributed by atoms with van der Waals surface area (Å²) in [5, 5.41) is 0. The first-order valence-electron chi connectivity index (χ1n) is 7.20. The molecule has 0 amide bonds. The molecule has 1 aromatic carbocycles. The van der Waals surface area contributed by atoms with Gasteiger partial charge in [-0.25, -0.2) is 4.98 Å². The largest absolute Gasteiger partial charge is 0.399 e. The zero-order valence-corrected chi connectivity index (χ0v) is 13.1. The Hall–Kier alpha value is -1.55. The summed E-state index contributed by atoms with van der Waals surface area (Å²) < 4.78 is 7.94. The molecular formula is C16H25N3O. The maximum absolute atomic E-state index is 5.87. The minimum absolute atomic E-state index is 0.0142. The molecule has 0 aliphatic heterocycles. The van der Waals surface area contributed by atoms with Gasteiger partial charge in [-0.15, -0.1) is 0 Å². The molecule has 0 aliphatic rings. The van der Waals surface area contributed by atoms with E-state index in [9.17, 15) is 0 Å². The SMILES string of the molecule is CCOC(C)Cn1c(C(C)(C)C)nc2cc(N)ccc21. The van der Waals surface area contributed by atoms with Gasteiger partial charge >= 0.3 is 0 Å². The van der Waals surface area contributed by atoms with Crippen LogP contribution in [0, 0.1) is 0 Å². The van der Waals surface area contributed by atoms with E-state index >= 15 is 0 Å². The molecule has 0 spiro atoms. The molecule has 2 N–H and O–H groups in total. The van der Waals surface area contributed by atoms with E-state index in [-0.39, 0.29) is 11.5 Å². The van der Waals surface area contributed by atoms with Crippen LogP contribution in [0.1, 0.15) is 40.4 Å². The summed E-state index contributed by atoms with van der Waals surface area (Å²) >= 11 is 0. The summed E-state index contributed by atoms with van der Waals surface area (Å²) in [6.45, 7) is 12.2. The van der Waals surface area contributed by atoms with Crippen molar-refractivity contribution in [3.63, 3.8) is 0 Å². The minimum atomic E-state index is -0.0142. The molecule has 2 aromatic rings. The Balaban J connectivity index is 2.53. The monoisotopic (exact) mass is 275 g/mol. The maximum Gasteiger partial charge on any atom is 0.115 e. The number of nitrogens with two attached hydrogens (primary N) is 1. The Morgan fingerprint density at radius 1 is 1.35 bits per heavy atom. The Morgan fingerprint density at radius 2 is 2.05 bits per heavy atom. The summed E-state index contributed by atoms with van der Waals surface area (Å²) in [6, 6.07) is 5.91. The van der Waals surface area contributed by atoms with Gasteiger partial charge in [-0.05, 0) is 32.0 Å². The fourth-order valence-corrected chi connectivity index (χ4v) is 2.50. The van der Waals surface area contributed by atoms with Crippen molar-refractivity contribution in [3.05, 3.63) is 24.0 Å². The highest BCUT2D eigenvalue weighted by Gasteiger charge is 2.23. The van der Waals surface area contributed by atoms with Crippen LogP contribution in [0.4, 0.5) is 5.69 Å². The lowest BCUT2D eigenvalue weighted by Crippen LogP contribution is -2.24. The van der Waals surface area contributed by atoms with Crippen LogP contribution < -0.4 is 5.73 Å². The number of fused-ring (bicyclic) bond motifs is 1. The Kier molecular flexibility index (Phi) is 4.04.